The van der Waals surface area contributed by atoms with E-state index in [1.54, 1.807) is 54.6 Å². The van der Waals surface area contributed by atoms with Crippen LogP contribution in [-0.2, 0) is 9.47 Å². The summed E-state index contributed by atoms with van der Waals surface area (Å²) < 4.78 is 10.8. The predicted octanol–water partition coefficient (Wildman–Crippen LogP) is 6.16. The molecule has 5 heteroatoms. The molecule has 0 saturated heterocycles. The molecule has 0 aliphatic rings. The normalized spacial score (nSPS) is 11.0. The summed E-state index contributed by atoms with van der Waals surface area (Å²) in [4.78, 5) is 38.5. The summed E-state index contributed by atoms with van der Waals surface area (Å²) in [5.41, 5.74) is 2.94. The lowest BCUT2D eigenvalue weighted by molar-refractivity contribution is -0.0614. The number of esters is 2. The molecular formula is C28H28O5. The van der Waals surface area contributed by atoms with Gasteiger partial charge in [-0.15, -0.1) is 0 Å². The lowest BCUT2D eigenvalue weighted by Crippen LogP contribution is -2.32. The summed E-state index contributed by atoms with van der Waals surface area (Å²) in [7, 11) is 0. The minimum Gasteiger partial charge on any atom is -0.413 e. The summed E-state index contributed by atoms with van der Waals surface area (Å²) in [5, 5.41) is 0. The van der Waals surface area contributed by atoms with E-state index in [2.05, 4.69) is 27.7 Å². The molecule has 0 saturated carbocycles. The Kier molecular flexibility index (Phi) is 7.78. The van der Waals surface area contributed by atoms with Crippen molar-refractivity contribution < 1.29 is 23.9 Å². The molecule has 170 valence electrons. The van der Waals surface area contributed by atoms with Crippen LogP contribution >= 0.6 is 0 Å². The first-order valence-electron chi connectivity index (χ1n) is 11.0. The van der Waals surface area contributed by atoms with Crippen LogP contribution in [-0.4, -0.2) is 24.0 Å². The molecule has 0 aliphatic carbocycles. The SMILES string of the molecule is CC(C)c1ccc(C(=O)OC(OC(=O)c2ccc(C(C)C)cc2)C(=O)c2ccccc2)cc1. The van der Waals surface area contributed by atoms with Gasteiger partial charge in [-0.25, -0.2) is 9.59 Å². The quantitative estimate of drug-likeness (QED) is 0.237. The van der Waals surface area contributed by atoms with Crippen LogP contribution in [0.4, 0.5) is 0 Å². The molecule has 0 heterocycles. The summed E-state index contributed by atoms with van der Waals surface area (Å²) in [6, 6.07) is 22.1. The van der Waals surface area contributed by atoms with Crippen LogP contribution in [0.1, 0.15) is 81.7 Å². The lowest BCUT2D eigenvalue weighted by Gasteiger charge is -2.18. The number of hydrogen-bond acceptors (Lipinski definition) is 5. The average Bonchev–Trinajstić information content (AvgIpc) is 2.83. The van der Waals surface area contributed by atoms with Gasteiger partial charge in [0.05, 0.1) is 11.1 Å². The molecule has 3 rings (SSSR count). The van der Waals surface area contributed by atoms with E-state index in [4.69, 9.17) is 9.47 Å². The molecule has 5 nitrogen and oxygen atoms in total. The van der Waals surface area contributed by atoms with Crippen LogP contribution < -0.4 is 0 Å². The van der Waals surface area contributed by atoms with Crippen molar-refractivity contribution in [1.29, 1.82) is 0 Å². The fourth-order valence-electron chi connectivity index (χ4n) is 3.21. The highest BCUT2D eigenvalue weighted by Gasteiger charge is 2.29. The minimum absolute atomic E-state index is 0.266. The fraction of sp³-hybridized carbons (Fsp3) is 0.250. The van der Waals surface area contributed by atoms with Crippen LogP contribution in [0, 0.1) is 0 Å². The van der Waals surface area contributed by atoms with Crippen LogP contribution in [0.3, 0.4) is 0 Å². The largest absolute Gasteiger partial charge is 0.413 e. The number of benzene rings is 3. The smallest absolute Gasteiger partial charge is 0.341 e. The van der Waals surface area contributed by atoms with Crippen molar-refractivity contribution >= 4 is 17.7 Å². The van der Waals surface area contributed by atoms with E-state index in [1.807, 2.05) is 24.3 Å². The van der Waals surface area contributed by atoms with Crippen molar-refractivity contribution in [2.75, 3.05) is 0 Å². The molecule has 0 fully saturated rings. The van der Waals surface area contributed by atoms with Crippen molar-refractivity contribution in [3.05, 3.63) is 107 Å². The van der Waals surface area contributed by atoms with E-state index in [0.717, 1.165) is 11.1 Å². The number of ketones is 1. The van der Waals surface area contributed by atoms with E-state index < -0.39 is 24.0 Å². The molecule has 0 aliphatic heterocycles. The van der Waals surface area contributed by atoms with Gasteiger partial charge in [-0.2, -0.15) is 0 Å². The first-order chi connectivity index (χ1) is 15.8. The third-order valence-corrected chi connectivity index (χ3v) is 5.33. The monoisotopic (exact) mass is 444 g/mol. The van der Waals surface area contributed by atoms with Gasteiger partial charge >= 0.3 is 18.2 Å². The van der Waals surface area contributed by atoms with Gasteiger partial charge in [0.25, 0.3) is 0 Å². The molecule has 0 N–H and O–H groups in total. The second-order valence-electron chi connectivity index (χ2n) is 8.43. The standard InChI is InChI=1S/C28H28O5/c1-18(2)20-10-14-23(15-11-20)26(30)32-28(25(29)22-8-6-5-7-9-22)33-27(31)24-16-12-21(13-17-24)19(3)4/h5-19,28H,1-4H3. The molecule has 0 spiro atoms. The molecule has 0 unspecified atom stereocenters. The number of carbonyl (C=O) groups excluding carboxylic acids is 3. The van der Waals surface area contributed by atoms with Gasteiger partial charge in [-0.1, -0.05) is 82.3 Å². The Hall–Kier alpha value is -3.73. The molecule has 0 atom stereocenters. The Labute approximate surface area is 194 Å². The van der Waals surface area contributed by atoms with Crippen molar-refractivity contribution in [1.82, 2.24) is 0 Å². The average molecular weight is 445 g/mol. The molecule has 3 aromatic carbocycles. The van der Waals surface area contributed by atoms with Crippen molar-refractivity contribution in [3.63, 3.8) is 0 Å². The maximum absolute atomic E-state index is 13.0. The zero-order valence-corrected chi connectivity index (χ0v) is 19.3. The summed E-state index contributed by atoms with van der Waals surface area (Å²) >= 11 is 0. The molecule has 0 amide bonds. The second-order valence-corrected chi connectivity index (χ2v) is 8.43. The van der Waals surface area contributed by atoms with Gasteiger partial charge in [0, 0.05) is 5.56 Å². The zero-order chi connectivity index (χ0) is 24.0. The van der Waals surface area contributed by atoms with Crippen molar-refractivity contribution in [2.45, 2.75) is 45.8 Å². The van der Waals surface area contributed by atoms with Gasteiger partial charge in [0.15, 0.2) is 0 Å². The minimum atomic E-state index is -1.71. The molecule has 33 heavy (non-hydrogen) atoms. The van der Waals surface area contributed by atoms with Crippen molar-refractivity contribution in [3.8, 4) is 0 Å². The van der Waals surface area contributed by atoms with Gasteiger partial charge in [-0.3, -0.25) is 4.79 Å². The second kappa shape index (κ2) is 10.7. The first-order valence-corrected chi connectivity index (χ1v) is 11.0. The molecule has 0 aromatic heterocycles. The molecule has 0 radical (unpaired) electrons. The van der Waals surface area contributed by atoms with Gasteiger partial charge < -0.3 is 9.47 Å². The summed E-state index contributed by atoms with van der Waals surface area (Å²) in [6.45, 7) is 8.20. The highest BCUT2D eigenvalue weighted by atomic mass is 16.7. The third kappa shape index (κ3) is 6.16. The van der Waals surface area contributed by atoms with Crippen LogP contribution in [0.15, 0.2) is 78.9 Å². The first kappa shape index (κ1) is 23.9. The van der Waals surface area contributed by atoms with Gasteiger partial charge in [-0.05, 0) is 47.2 Å². The summed E-state index contributed by atoms with van der Waals surface area (Å²) in [5.74, 6) is -1.49. The van der Waals surface area contributed by atoms with E-state index in [1.165, 1.54) is 0 Å². The Bertz CT molecular complexity index is 1030. The van der Waals surface area contributed by atoms with Crippen LogP contribution in [0.5, 0.6) is 0 Å². The zero-order valence-electron chi connectivity index (χ0n) is 19.3. The van der Waals surface area contributed by atoms with E-state index in [-0.39, 0.29) is 16.7 Å². The number of Topliss-reactive ketones (excluding diaryl/α,β-unsaturated/α-hetero) is 1. The van der Waals surface area contributed by atoms with Crippen molar-refractivity contribution in [2.24, 2.45) is 0 Å². The Morgan fingerprint density at radius 2 is 0.939 bits per heavy atom. The number of rotatable bonds is 8. The highest BCUT2D eigenvalue weighted by Crippen LogP contribution is 2.19. The lowest BCUT2D eigenvalue weighted by atomic mass is 10.0. The molecule has 0 bridgehead atoms. The molecule has 3 aromatic rings. The van der Waals surface area contributed by atoms with E-state index in [9.17, 15) is 14.4 Å². The molecular weight excluding hydrogens is 416 g/mol. The summed E-state index contributed by atoms with van der Waals surface area (Å²) in [6.07, 6.45) is -1.71. The van der Waals surface area contributed by atoms with Crippen LogP contribution in [0.2, 0.25) is 0 Å². The Morgan fingerprint density at radius 1 is 0.545 bits per heavy atom. The number of hydrogen-bond donors (Lipinski definition) is 0. The Morgan fingerprint density at radius 3 is 1.30 bits per heavy atom. The maximum Gasteiger partial charge on any atom is 0.341 e. The highest BCUT2D eigenvalue weighted by molar-refractivity contribution is 6.02. The van der Waals surface area contributed by atoms with Gasteiger partial charge in [0.1, 0.15) is 0 Å². The van der Waals surface area contributed by atoms with E-state index in [0.29, 0.717) is 11.8 Å². The van der Waals surface area contributed by atoms with Gasteiger partial charge in [0.2, 0.25) is 5.78 Å². The topological polar surface area (TPSA) is 69.7 Å². The maximum atomic E-state index is 13.0. The number of carbonyl (C=O) groups is 3. The fourth-order valence-corrected chi connectivity index (χ4v) is 3.21. The van der Waals surface area contributed by atoms with E-state index >= 15 is 0 Å². The predicted molar refractivity (Wildman–Crippen MR) is 126 cm³/mol. The Balaban J connectivity index is 1.82. The number of ether oxygens (including phenoxy) is 2. The van der Waals surface area contributed by atoms with Crippen LogP contribution in [0.25, 0.3) is 0 Å². The third-order valence-electron chi connectivity index (χ3n) is 5.33.